The van der Waals surface area contributed by atoms with Crippen molar-refractivity contribution < 1.29 is 4.74 Å². The van der Waals surface area contributed by atoms with E-state index in [1.165, 1.54) is 28.6 Å². The topological polar surface area (TPSA) is 24.5 Å². The van der Waals surface area contributed by atoms with Crippen LogP contribution in [0.3, 0.4) is 0 Å². The first-order valence-electron chi connectivity index (χ1n) is 8.14. The Morgan fingerprint density at radius 3 is 2.62 bits per heavy atom. The highest BCUT2D eigenvalue weighted by Crippen LogP contribution is 2.30. The van der Waals surface area contributed by atoms with Crippen LogP contribution in [-0.4, -0.2) is 31.8 Å². The fourth-order valence-electron chi connectivity index (χ4n) is 2.97. The van der Waals surface area contributed by atoms with E-state index in [2.05, 4.69) is 51.3 Å². The Morgan fingerprint density at radius 2 is 2.00 bits per heavy atom. The standard InChI is InChI=1S/C17H25BrN2O/c1-2-21-15-7-9-20(10-8-15)17-6-3-13(11-16(17)18)12-19-14-4-5-14/h3,6,11,14-15,19H,2,4-5,7-10,12H2,1H3. The van der Waals surface area contributed by atoms with E-state index in [0.29, 0.717) is 6.10 Å². The zero-order valence-corrected chi connectivity index (χ0v) is 14.4. The maximum absolute atomic E-state index is 5.73. The van der Waals surface area contributed by atoms with Crippen LogP contribution in [-0.2, 0) is 11.3 Å². The SMILES string of the molecule is CCOC1CCN(c2ccc(CNC3CC3)cc2Br)CC1. The predicted octanol–water partition coefficient (Wildman–Crippen LogP) is 3.71. The molecule has 0 atom stereocenters. The van der Waals surface area contributed by atoms with Crippen LogP contribution in [0.2, 0.25) is 0 Å². The Kier molecular flexibility index (Phi) is 5.19. The number of nitrogens with one attached hydrogen (secondary N) is 1. The Hall–Kier alpha value is -0.580. The number of hydrogen-bond acceptors (Lipinski definition) is 3. The van der Waals surface area contributed by atoms with Crippen molar-refractivity contribution >= 4 is 21.6 Å². The third kappa shape index (κ3) is 4.21. The summed E-state index contributed by atoms with van der Waals surface area (Å²) in [6.45, 7) is 6.07. The smallest absolute Gasteiger partial charge is 0.0608 e. The summed E-state index contributed by atoms with van der Waals surface area (Å²) >= 11 is 3.75. The molecule has 1 aromatic rings. The lowest BCUT2D eigenvalue weighted by Crippen LogP contribution is -2.37. The molecule has 3 nitrogen and oxygen atoms in total. The molecule has 0 radical (unpaired) electrons. The summed E-state index contributed by atoms with van der Waals surface area (Å²) in [6.07, 6.45) is 5.39. The predicted molar refractivity (Wildman–Crippen MR) is 90.9 cm³/mol. The third-order valence-electron chi connectivity index (χ3n) is 4.37. The van der Waals surface area contributed by atoms with E-state index in [0.717, 1.165) is 45.1 Å². The van der Waals surface area contributed by atoms with Crippen molar-refractivity contribution in [3.8, 4) is 0 Å². The Balaban J connectivity index is 1.57. The van der Waals surface area contributed by atoms with E-state index < -0.39 is 0 Å². The molecule has 1 aromatic carbocycles. The fourth-order valence-corrected chi connectivity index (χ4v) is 3.64. The van der Waals surface area contributed by atoms with E-state index in [4.69, 9.17) is 4.74 Å². The lowest BCUT2D eigenvalue weighted by atomic mass is 10.1. The summed E-state index contributed by atoms with van der Waals surface area (Å²) in [4.78, 5) is 2.47. The van der Waals surface area contributed by atoms with Crippen LogP contribution in [0.1, 0.15) is 38.2 Å². The Morgan fingerprint density at radius 1 is 1.24 bits per heavy atom. The van der Waals surface area contributed by atoms with Gasteiger partial charge < -0.3 is 15.0 Å². The molecule has 0 bridgehead atoms. The van der Waals surface area contributed by atoms with Gasteiger partial charge in [-0.15, -0.1) is 0 Å². The minimum absolute atomic E-state index is 0.451. The highest BCUT2D eigenvalue weighted by atomic mass is 79.9. The van der Waals surface area contributed by atoms with Crippen molar-refractivity contribution in [3.63, 3.8) is 0 Å². The van der Waals surface area contributed by atoms with Crippen LogP contribution < -0.4 is 10.2 Å². The van der Waals surface area contributed by atoms with Gasteiger partial charge in [-0.3, -0.25) is 0 Å². The summed E-state index contributed by atoms with van der Waals surface area (Å²) in [6, 6.07) is 7.54. The minimum atomic E-state index is 0.451. The van der Waals surface area contributed by atoms with Gasteiger partial charge in [-0.05, 0) is 66.2 Å². The van der Waals surface area contributed by atoms with E-state index in [9.17, 15) is 0 Å². The molecule has 0 spiro atoms. The van der Waals surface area contributed by atoms with Crippen molar-refractivity contribution in [1.82, 2.24) is 5.32 Å². The highest BCUT2D eigenvalue weighted by Gasteiger charge is 2.22. The maximum Gasteiger partial charge on any atom is 0.0608 e. The van der Waals surface area contributed by atoms with Crippen LogP contribution in [0, 0.1) is 0 Å². The summed E-state index contributed by atoms with van der Waals surface area (Å²) in [7, 11) is 0. The molecule has 1 saturated carbocycles. The number of piperidine rings is 1. The second kappa shape index (κ2) is 7.12. The van der Waals surface area contributed by atoms with Crippen molar-refractivity contribution in [2.24, 2.45) is 0 Å². The zero-order chi connectivity index (χ0) is 14.7. The van der Waals surface area contributed by atoms with Gasteiger partial charge in [0.1, 0.15) is 0 Å². The number of nitrogens with zero attached hydrogens (tertiary/aromatic N) is 1. The van der Waals surface area contributed by atoms with Gasteiger partial charge in [0.15, 0.2) is 0 Å². The number of benzene rings is 1. The first-order valence-corrected chi connectivity index (χ1v) is 8.94. The van der Waals surface area contributed by atoms with E-state index in [-0.39, 0.29) is 0 Å². The second-order valence-corrected chi connectivity index (χ2v) is 6.94. The summed E-state index contributed by atoms with van der Waals surface area (Å²) in [5.74, 6) is 0. The molecule has 1 saturated heterocycles. The van der Waals surface area contributed by atoms with Crippen molar-refractivity contribution in [2.45, 2.75) is 51.3 Å². The molecule has 0 unspecified atom stereocenters. The number of hydrogen-bond donors (Lipinski definition) is 1. The molecule has 1 aliphatic carbocycles. The Bertz CT molecular complexity index is 468. The second-order valence-electron chi connectivity index (χ2n) is 6.08. The molecule has 2 fully saturated rings. The van der Waals surface area contributed by atoms with Gasteiger partial charge in [0.25, 0.3) is 0 Å². The van der Waals surface area contributed by atoms with E-state index >= 15 is 0 Å². The average Bonchev–Trinajstić information content (AvgIpc) is 3.31. The monoisotopic (exact) mass is 352 g/mol. The largest absolute Gasteiger partial charge is 0.378 e. The first-order chi connectivity index (χ1) is 10.3. The molecule has 0 amide bonds. The molecule has 0 aromatic heterocycles. The molecule has 116 valence electrons. The summed E-state index contributed by atoms with van der Waals surface area (Å²) < 4.78 is 6.95. The van der Waals surface area contributed by atoms with Crippen molar-refractivity contribution in [3.05, 3.63) is 28.2 Å². The molecular formula is C17H25BrN2O. The lowest BCUT2D eigenvalue weighted by molar-refractivity contribution is 0.0459. The quantitative estimate of drug-likeness (QED) is 0.844. The zero-order valence-electron chi connectivity index (χ0n) is 12.8. The van der Waals surface area contributed by atoms with Crippen molar-refractivity contribution in [1.29, 1.82) is 0 Å². The van der Waals surface area contributed by atoms with Gasteiger partial charge in [0, 0.05) is 36.8 Å². The molecule has 4 heteroatoms. The average molecular weight is 353 g/mol. The van der Waals surface area contributed by atoms with Crippen LogP contribution in [0.15, 0.2) is 22.7 Å². The maximum atomic E-state index is 5.73. The van der Waals surface area contributed by atoms with Gasteiger partial charge in [-0.1, -0.05) is 6.07 Å². The Labute approximate surface area is 136 Å². The lowest BCUT2D eigenvalue weighted by Gasteiger charge is -2.34. The molecule has 1 heterocycles. The fraction of sp³-hybridized carbons (Fsp3) is 0.647. The third-order valence-corrected chi connectivity index (χ3v) is 5.00. The normalized spacial score (nSPS) is 20.0. The van der Waals surface area contributed by atoms with Crippen LogP contribution in [0.5, 0.6) is 0 Å². The van der Waals surface area contributed by atoms with Gasteiger partial charge >= 0.3 is 0 Å². The minimum Gasteiger partial charge on any atom is -0.378 e. The molecule has 1 aliphatic heterocycles. The molecule has 21 heavy (non-hydrogen) atoms. The van der Waals surface area contributed by atoms with Crippen LogP contribution in [0.25, 0.3) is 0 Å². The van der Waals surface area contributed by atoms with Gasteiger partial charge in [0.2, 0.25) is 0 Å². The number of ether oxygens (including phenoxy) is 1. The molecular weight excluding hydrogens is 328 g/mol. The molecule has 1 N–H and O–H groups in total. The van der Waals surface area contributed by atoms with Gasteiger partial charge in [-0.2, -0.15) is 0 Å². The summed E-state index contributed by atoms with van der Waals surface area (Å²) in [5.41, 5.74) is 2.68. The van der Waals surface area contributed by atoms with Gasteiger partial charge in [-0.25, -0.2) is 0 Å². The van der Waals surface area contributed by atoms with E-state index in [1.807, 2.05) is 0 Å². The van der Waals surface area contributed by atoms with Crippen LogP contribution >= 0.6 is 15.9 Å². The first kappa shape index (κ1) is 15.3. The van der Waals surface area contributed by atoms with E-state index in [1.54, 1.807) is 0 Å². The number of halogens is 1. The van der Waals surface area contributed by atoms with Gasteiger partial charge in [0.05, 0.1) is 11.8 Å². The van der Waals surface area contributed by atoms with Crippen LogP contribution in [0.4, 0.5) is 5.69 Å². The van der Waals surface area contributed by atoms with Crippen molar-refractivity contribution in [2.75, 3.05) is 24.6 Å². The molecule has 3 rings (SSSR count). The summed E-state index contributed by atoms with van der Waals surface area (Å²) in [5, 5.41) is 3.57. The number of anilines is 1. The number of rotatable bonds is 6. The molecule has 2 aliphatic rings. The highest BCUT2D eigenvalue weighted by molar-refractivity contribution is 9.10.